The summed E-state index contributed by atoms with van der Waals surface area (Å²) in [6.45, 7) is 16.7. The molecule has 0 aliphatic rings. The molecule has 1 rings (SSSR count). The Morgan fingerprint density at radius 3 is 1.61 bits per heavy atom. The zero-order valence-electron chi connectivity index (χ0n) is 31.2. The van der Waals surface area contributed by atoms with E-state index < -0.39 is 5.91 Å². The van der Waals surface area contributed by atoms with Crippen LogP contribution in [0.15, 0.2) is 0 Å². The lowest BCUT2D eigenvalue weighted by Gasteiger charge is -2.39. The topological polar surface area (TPSA) is 90.9 Å². The van der Waals surface area contributed by atoms with Crippen molar-refractivity contribution in [1.29, 1.82) is 0 Å². The van der Waals surface area contributed by atoms with Crippen LogP contribution in [0.25, 0.3) is 0 Å². The fraction of sp³-hybridized carbons (Fsp3) is 0.917. The van der Waals surface area contributed by atoms with Crippen LogP contribution in [0.3, 0.4) is 0 Å². The predicted molar refractivity (Wildman–Crippen MR) is 197 cm³/mol. The van der Waals surface area contributed by atoms with Gasteiger partial charge in [-0.2, -0.15) is 15.0 Å². The Bertz CT molecular complexity index is 816. The molecule has 0 spiro atoms. The molecular weight excluding hydrogens is 595 g/mol. The van der Waals surface area contributed by atoms with Gasteiger partial charge in [-0.05, 0) is 46.1 Å². The zero-order chi connectivity index (χ0) is 33.7. The molecule has 10 heteroatoms. The van der Waals surface area contributed by atoms with Crippen molar-refractivity contribution in [3.05, 3.63) is 0 Å². The van der Waals surface area contributed by atoms with Gasteiger partial charge in [0.2, 0.25) is 11.9 Å². The molecule has 0 saturated carbocycles. The average Bonchev–Trinajstić information content (AvgIpc) is 3.05. The molecule has 1 aromatic rings. The summed E-state index contributed by atoms with van der Waals surface area (Å²) in [5.74, 6) is -0.126. The summed E-state index contributed by atoms with van der Waals surface area (Å²) in [5, 5.41) is 3.46. The van der Waals surface area contributed by atoms with Crippen molar-refractivity contribution in [2.24, 2.45) is 0 Å². The van der Waals surface area contributed by atoms with Crippen LogP contribution in [-0.2, 0) is 14.2 Å². The van der Waals surface area contributed by atoms with Crippen molar-refractivity contribution >= 4 is 22.1 Å². The first-order valence-corrected chi connectivity index (χ1v) is 20.8. The van der Waals surface area contributed by atoms with Gasteiger partial charge in [0.25, 0.3) is 5.91 Å². The fourth-order valence-corrected chi connectivity index (χ4v) is 6.57. The van der Waals surface area contributed by atoms with Crippen molar-refractivity contribution < 1.29 is 18.9 Å². The van der Waals surface area contributed by atoms with E-state index in [9.17, 15) is 0 Å². The van der Waals surface area contributed by atoms with Gasteiger partial charge in [0, 0.05) is 43.2 Å². The van der Waals surface area contributed by atoms with Crippen LogP contribution in [0.1, 0.15) is 157 Å². The van der Waals surface area contributed by atoms with E-state index in [2.05, 4.69) is 31.0 Å². The van der Waals surface area contributed by atoms with Crippen molar-refractivity contribution in [3.63, 3.8) is 0 Å². The minimum Gasteiger partial charge on any atom is -0.463 e. The largest absolute Gasteiger partial charge is 0.463 e. The van der Waals surface area contributed by atoms with Gasteiger partial charge >= 0.3 is 6.01 Å². The van der Waals surface area contributed by atoms with Gasteiger partial charge in [-0.3, -0.25) is 0 Å². The molecule has 1 aromatic heterocycles. The highest BCUT2D eigenvalue weighted by Crippen LogP contribution is 2.27. The third-order valence-corrected chi connectivity index (χ3v) is 9.09. The fourth-order valence-electron chi connectivity index (χ4n) is 5.79. The molecule has 0 aliphatic carbocycles. The van der Waals surface area contributed by atoms with Crippen LogP contribution < -0.4 is 15.0 Å². The average molecular weight is 668 g/mol. The molecule has 270 valence electrons. The molecular formula is C36H73N5O4Si. The van der Waals surface area contributed by atoms with E-state index in [1.807, 2.05) is 20.8 Å². The minimum atomic E-state index is -1.19. The van der Waals surface area contributed by atoms with Crippen LogP contribution >= 0.6 is 0 Å². The van der Waals surface area contributed by atoms with E-state index in [0.29, 0.717) is 44.3 Å². The van der Waals surface area contributed by atoms with E-state index in [1.165, 1.54) is 89.9 Å². The van der Waals surface area contributed by atoms with Crippen LogP contribution in [0.5, 0.6) is 6.01 Å². The molecule has 0 bridgehead atoms. The standard InChI is InChI=1S/C36H73N5O4Si/c1-7-13-16-19-22-25-28-41(29-26-23-20-17-14-8-2)34-37-33(38-35(39-34)43-30-27-24-21-18-15-9-3)40-36(44-11-5,45-12-6)32(31-46)42-10-4/h32H,7-31H2,1-6,46H3,(H,37,38,39,40). The molecule has 1 atom stereocenters. The number of unbranched alkanes of at least 4 members (excludes halogenated alkanes) is 15. The first kappa shape index (κ1) is 42.5. The molecule has 0 fully saturated rings. The second-order valence-corrected chi connectivity index (χ2v) is 13.2. The van der Waals surface area contributed by atoms with E-state index in [0.717, 1.165) is 55.1 Å². The van der Waals surface area contributed by atoms with Gasteiger partial charge in [-0.25, -0.2) is 0 Å². The Kier molecular flexibility index (Phi) is 26.4. The van der Waals surface area contributed by atoms with Crippen molar-refractivity contribution in [2.45, 2.75) is 175 Å². The maximum atomic E-state index is 6.30. The maximum Gasteiger partial charge on any atom is 0.323 e. The Morgan fingerprint density at radius 1 is 0.630 bits per heavy atom. The van der Waals surface area contributed by atoms with Gasteiger partial charge in [0.05, 0.1) is 6.61 Å². The number of ether oxygens (including phenoxy) is 4. The van der Waals surface area contributed by atoms with Crippen LogP contribution in [0.2, 0.25) is 6.04 Å². The zero-order valence-corrected chi connectivity index (χ0v) is 33.2. The SMILES string of the molecule is CCCCCCCCOc1nc(NC(OCC)(OCC)C(C[SiH3])OCC)nc(N(CCCCCCCC)CCCCCCCC)n1. The van der Waals surface area contributed by atoms with Crippen molar-refractivity contribution in [2.75, 3.05) is 49.7 Å². The third kappa shape index (κ3) is 18.2. The number of rotatable bonds is 33. The molecule has 0 saturated heterocycles. The molecule has 1 N–H and O–H groups in total. The summed E-state index contributed by atoms with van der Waals surface area (Å²) in [6.07, 6.45) is 21.9. The number of hydrogen-bond donors (Lipinski definition) is 1. The number of hydrogen-bond acceptors (Lipinski definition) is 9. The molecule has 0 amide bonds. The number of nitrogens with one attached hydrogen (secondary N) is 1. The van der Waals surface area contributed by atoms with Gasteiger partial charge in [-0.1, -0.05) is 117 Å². The summed E-state index contributed by atoms with van der Waals surface area (Å²) in [4.78, 5) is 17.0. The Balaban J connectivity index is 3.32. The first-order chi connectivity index (χ1) is 22.5. The third-order valence-electron chi connectivity index (χ3n) is 8.34. The lowest BCUT2D eigenvalue weighted by atomic mass is 10.1. The number of aromatic nitrogens is 3. The van der Waals surface area contributed by atoms with Crippen LogP contribution in [0.4, 0.5) is 11.9 Å². The minimum absolute atomic E-state index is 0.292. The van der Waals surface area contributed by atoms with E-state index in [4.69, 9.17) is 33.9 Å². The highest BCUT2D eigenvalue weighted by molar-refractivity contribution is 6.09. The Labute approximate surface area is 286 Å². The van der Waals surface area contributed by atoms with E-state index in [1.54, 1.807) is 0 Å². The number of anilines is 2. The highest BCUT2D eigenvalue weighted by Gasteiger charge is 2.42. The summed E-state index contributed by atoms with van der Waals surface area (Å²) < 4.78 is 25.0. The lowest BCUT2D eigenvalue weighted by Crippen LogP contribution is -2.55. The molecule has 9 nitrogen and oxygen atoms in total. The van der Waals surface area contributed by atoms with Crippen LogP contribution in [0, 0.1) is 0 Å². The quantitative estimate of drug-likeness (QED) is 0.0450. The summed E-state index contributed by atoms with van der Waals surface area (Å²) in [7, 11) is 0.935. The monoisotopic (exact) mass is 668 g/mol. The normalized spacial score (nSPS) is 12.5. The lowest BCUT2D eigenvalue weighted by molar-refractivity contribution is -0.267. The highest BCUT2D eigenvalue weighted by atomic mass is 28.1. The second kappa shape index (κ2) is 28.5. The second-order valence-electron chi connectivity index (χ2n) is 12.4. The maximum absolute atomic E-state index is 6.30. The van der Waals surface area contributed by atoms with Crippen molar-refractivity contribution in [1.82, 2.24) is 15.0 Å². The van der Waals surface area contributed by atoms with E-state index >= 15 is 0 Å². The number of nitrogens with zero attached hydrogens (tertiary/aromatic N) is 4. The molecule has 1 heterocycles. The molecule has 0 radical (unpaired) electrons. The summed E-state index contributed by atoms with van der Waals surface area (Å²) >= 11 is 0. The smallest absolute Gasteiger partial charge is 0.323 e. The molecule has 0 aromatic carbocycles. The van der Waals surface area contributed by atoms with Gasteiger partial charge < -0.3 is 29.2 Å². The predicted octanol–water partition coefficient (Wildman–Crippen LogP) is 8.47. The summed E-state index contributed by atoms with van der Waals surface area (Å²) in [6, 6.07) is 1.19. The molecule has 46 heavy (non-hydrogen) atoms. The first-order valence-electron chi connectivity index (χ1n) is 19.3. The van der Waals surface area contributed by atoms with Gasteiger partial charge in [0.1, 0.15) is 6.10 Å². The molecule has 1 unspecified atom stereocenters. The van der Waals surface area contributed by atoms with Crippen molar-refractivity contribution in [3.8, 4) is 6.01 Å². The van der Waals surface area contributed by atoms with Gasteiger partial charge in [0.15, 0.2) is 0 Å². The van der Waals surface area contributed by atoms with E-state index in [-0.39, 0.29) is 6.10 Å². The Hall–Kier alpha value is -1.49. The Morgan fingerprint density at radius 2 is 1.13 bits per heavy atom. The van der Waals surface area contributed by atoms with Gasteiger partial charge in [-0.15, -0.1) is 0 Å². The molecule has 0 aliphatic heterocycles. The van der Waals surface area contributed by atoms with Crippen LogP contribution in [-0.4, -0.2) is 76.7 Å². The summed E-state index contributed by atoms with van der Waals surface area (Å²) in [5.41, 5.74) is 0.